The lowest BCUT2D eigenvalue weighted by Crippen LogP contribution is -2.18. The number of rotatable bonds is 2. The first kappa shape index (κ1) is 11.1. The molecule has 0 bridgehead atoms. The number of carbonyl (C=O) groups is 1. The molecule has 0 aliphatic carbocycles. The maximum atomic E-state index is 11.4. The summed E-state index contributed by atoms with van der Waals surface area (Å²) in [6, 6.07) is 2.91. The van der Waals surface area contributed by atoms with Gasteiger partial charge in [0.1, 0.15) is 11.3 Å². The molecule has 2 rings (SSSR count). The predicted molar refractivity (Wildman–Crippen MR) is 58.5 cm³/mol. The normalized spacial score (nSPS) is 10.5. The summed E-state index contributed by atoms with van der Waals surface area (Å²) in [5.74, 6) is -0.207. The van der Waals surface area contributed by atoms with Crippen molar-refractivity contribution < 1.29 is 14.4 Å². The molecule has 0 radical (unpaired) electrons. The van der Waals surface area contributed by atoms with Gasteiger partial charge in [-0.25, -0.2) is 4.79 Å². The van der Waals surface area contributed by atoms with Crippen molar-refractivity contribution in [2.75, 3.05) is 0 Å². The van der Waals surface area contributed by atoms with Crippen LogP contribution in [-0.4, -0.2) is 20.8 Å². The van der Waals surface area contributed by atoms with Gasteiger partial charge in [-0.2, -0.15) is 0 Å². The molecule has 0 aromatic carbocycles. The van der Waals surface area contributed by atoms with E-state index in [-0.39, 0.29) is 5.56 Å². The van der Waals surface area contributed by atoms with Crippen molar-refractivity contribution in [3.63, 3.8) is 0 Å². The van der Waals surface area contributed by atoms with Crippen molar-refractivity contribution >= 4 is 5.97 Å². The first-order valence-corrected chi connectivity index (χ1v) is 4.89. The molecule has 6 heteroatoms. The fourth-order valence-corrected chi connectivity index (χ4v) is 1.51. The number of aryl methyl sites for hydroxylation is 2. The monoisotopic (exact) mass is 234 g/mol. The summed E-state index contributed by atoms with van der Waals surface area (Å²) in [6.07, 6.45) is 1.25. The molecule has 88 valence electrons. The van der Waals surface area contributed by atoms with E-state index in [0.717, 1.165) is 0 Å². The summed E-state index contributed by atoms with van der Waals surface area (Å²) in [6.45, 7) is 3.42. The predicted octanol–water partition coefficient (Wildman–Crippen LogP) is 1.14. The summed E-state index contributed by atoms with van der Waals surface area (Å²) < 4.78 is 6.41. The van der Waals surface area contributed by atoms with Gasteiger partial charge >= 0.3 is 5.97 Å². The molecule has 0 aliphatic rings. The Balaban J connectivity index is 2.66. The molecule has 6 nitrogen and oxygen atoms in total. The van der Waals surface area contributed by atoms with E-state index in [1.54, 1.807) is 19.9 Å². The third kappa shape index (κ3) is 1.96. The maximum absolute atomic E-state index is 11.4. The van der Waals surface area contributed by atoms with Crippen LogP contribution < -0.4 is 5.43 Å². The van der Waals surface area contributed by atoms with Crippen LogP contribution in [-0.2, 0) is 0 Å². The highest BCUT2D eigenvalue weighted by Gasteiger charge is 2.13. The lowest BCUT2D eigenvalue weighted by atomic mass is 10.2. The van der Waals surface area contributed by atoms with Crippen molar-refractivity contribution in [3.8, 4) is 5.82 Å². The molecule has 2 heterocycles. The molecule has 0 saturated heterocycles. The minimum Gasteiger partial charge on any atom is -0.477 e. The van der Waals surface area contributed by atoms with Gasteiger partial charge in [0, 0.05) is 24.0 Å². The Kier molecular flexibility index (Phi) is 2.55. The Hall–Kier alpha value is -2.37. The van der Waals surface area contributed by atoms with Gasteiger partial charge in [0.2, 0.25) is 0 Å². The van der Waals surface area contributed by atoms with Crippen molar-refractivity contribution in [2.24, 2.45) is 0 Å². The molecule has 0 amide bonds. The Labute approximate surface area is 96.1 Å². The SMILES string of the molecule is Cc1cc(-n2cc(C(=O)O)c(=O)cc2C)no1. The summed E-state index contributed by atoms with van der Waals surface area (Å²) in [4.78, 5) is 22.3. The van der Waals surface area contributed by atoms with Gasteiger partial charge < -0.3 is 14.2 Å². The minimum atomic E-state index is -1.26. The van der Waals surface area contributed by atoms with E-state index < -0.39 is 11.4 Å². The Bertz CT molecular complexity index is 639. The zero-order valence-corrected chi connectivity index (χ0v) is 9.30. The van der Waals surface area contributed by atoms with Crippen LogP contribution in [0.25, 0.3) is 5.82 Å². The van der Waals surface area contributed by atoms with E-state index in [1.807, 2.05) is 0 Å². The smallest absolute Gasteiger partial charge is 0.341 e. The van der Waals surface area contributed by atoms with Gasteiger partial charge in [-0.3, -0.25) is 4.79 Å². The van der Waals surface area contributed by atoms with Crippen LogP contribution in [0.4, 0.5) is 0 Å². The Morgan fingerprint density at radius 1 is 1.41 bits per heavy atom. The van der Waals surface area contributed by atoms with E-state index in [1.165, 1.54) is 16.8 Å². The molecule has 0 atom stereocenters. The van der Waals surface area contributed by atoms with Crippen LogP contribution in [0.2, 0.25) is 0 Å². The Morgan fingerprint density at radius 2 is 2.12 bits per heavy atom. The van der Waals surface area contributed by atoms with Crippen LogP contribution in [0.1, 0.15) is 21.8 Å². The third-order valence-electron chi connectivity index (χ3n) is 2.34. The fraction of sp³-hybridized carbons (Fsp3) is 0.182. The van der Waals surface area contributed by atoms with Crippen molar-refractivity contribution in [1.29, 1.82) is 0 Å². The van der Waals surface area contributed by atoms with Gasteiger partial charge in [-0.15, -0.1) is 0 Å². The third-order valence-corrected chi connectivity index (χ3v) is 2.34. The zero-order chi connectivity index (χ0) is 12.6. The van der Waals surface area contributed by atoms with Crippen LogP contribution in [0.3, 0.4) is 0 Å². The topological polar surface area (TPSA) is 85.3 Å². The fourth-order valence-electron chi connectivity index (χ4n) is 1.51. The lowest BCUT2D eigenvalue weighted by molar-refractivity contribution is 0.0694. The largest absolute Gasteiger partial charge is 0.477 e. The van der Waals surface area contributed by atoms with E-state index in [2.05, 4.69) is 5.16 Å². The summed E-state index contributed by atoms with van der Waals surface area (Å²) in [7, 11) is 0. The molecule has 0 aliphatic heterocycles. The number of aromatic carboxylic acids is 1. The highest BCUT2D eigenvalue weighted by Crippen LogP contribution is 2.11. The van der Waals surface area contributed by atoms with Crippen LogP contribution >= 0.6 is 0 Å². The van der Waals surface area contributed by atoms with Crippen LogP contribution in [0, 0.1) is 13.8 Å². The molecule has 0 saturated carbocycles. The zero-order valence-electron chi connectivity index (χ0n) is 9.30. The molecule has 2 aromatic heterocycles. The van der Waals surface area contributed by atoms with E-state index in [9.17, 15) is 9.59 Å². The maximum Gasteiger partial charge on any atom is 0.341 e. The van der Waals surface area contributed by atoms with Gasteiger partial charge in [0.05, 0.1) is 0 Å². The first-order valence-electron chi connectivity index (χ1n) is 4.89. The number of carboxylic acid groups (broad SMARTS) is 1. The lowest BCUT2D eigenvalue weighted by Gasteiger charge is -2.06. The first-order chi connectivity index (χ1) is 7.99. The second-order valence-electron chi connectivity index (χ2n) is 3.66. The minimum absolute atomic E-state index is 0.295. The average Bonchev–Trinajstić information content (AvgIpc) is 2.64. The quantitative estimate of drug-likeness (QED) is 0.842. The highest BCUT2D eigenvalue weighted by molar-refractivity contribution is 5.87. The summed E-state index contributed by atoms with van der Waals surface area (Å²) in [5.41, 5.74) is -0.226. The molecule has 0 spiro atoms. The van der Waals surface area contributed by atoms with Crippen molar-refractivity contribution in [1.82, 2.24) is 9.72 Å². The van der Waals surface area contributed by atoms with Crippen LogP contribution in [0.5, 0.6) is 0 Å². The molecule has 1 N–H and O–H groups in total. The number of hydrogen-bond donors (Lipinski definition) is 1. The number of aromatic nitrogens is 2. The van der Waals surface area contributed by atoms with Crippen LogP contribution in [0.15, 0.2) is 27.6 Å². The standard InChI is InChI=1S/C11H10N2O4/c1-6-3-9(14)8(11(15)16)5-13(6)10-4-7(2)17-12-10/h3-5H,1-2H3,(H,15,16). The molecule has 0 fully saturated rings. The van der Waals surface area contributed by atoms with E-state index in [0.29, 0.717) is 17.3 Å². The highest BCUT2D eigenvalue weighted by atomic mass is 16.5. The summed E-state index contributed by atoms with van der Waals surface area (Å²) in [5, 5.41) is 12.6. The summed E-state index contributed by atoms with van der Waals surface area (Å²) >= 11 is 0. The van der Waals surface area contributed by atoms with Crippen molar-refractivity contribution in [2.45, 2.75) is 13.8 Å². The molecular formula is C11H10N2O4. The van der Waals surface area contributed by atoms with Gasteiger partial charge in [-0.1, -0.05) is 5.16 Å². The van der Waals surface area contributed by atoms with E-state index in [4.69, 9.17) is 9.63 Å². The molecular weight excluding hydrogens is 224 g/mol. The van der Waals surface area contributed by atoms with Gasteiger partial charge in [-0.05, 0) is 13.8 Å². The number of nitrogens with zero attached hydrogens (tertiary/aromatic N) is 2. The average molecular weight is 234 g/mol. The van der Waals surface area contributed by atoms with Gasteiger partial charge in [0.15, 0.2) is 11.2 Å². The second-order valence-corrected chi connectivity index (χ2v) is 3.66. The number of hydrogen-bond acceptors (Lipinski definition) is 4. The molecule has 0 unspecified atom stereocenters. The second kappa shape index (κ2) is 3.89. The van der Waals surface area contributed by atoms with E-state index >= 15 is 0 Å². The van der Waals surface area contributed by atoms with Crippen molar-refractivity contribution in [3.05, 3.63) is 45.6 Å². The Morgan fingerprint density at radius 3 is 2.65 bits per heavy atom. The molecule has 17 heavy (non-hydrogen) atoms. The number of pyridine rings is 1. The number of carboxylic acids is 1. The molecule has 2 aromatic rings. The van der Waals surface area contributed by atoms with Gasteiger partial charge in [0.25, 0.3) is 0 Å².